The van der Waals surface area contributed by atoms with Crippen LogP contribution in [0.1, 0.15) is 15.4 Å². The fourth-order valence-corrected chi connectivity index (χ4v) is 4.45. The number of fused-ring (bicyclic) bond motifs is 1. The summed E-state index contributed by atoms with van der Waals surface area (Å²) in [6.45, 7) is 4.54. The third-order valence-electron chi connectivity index (χ3n) is 5.16. The highest BCUT2D eigenvalue weighted by molar-refractivity contribution is 7.11. The summed E-state index contributed by atoms with van der Waals surface area (Å²) in [6, 6.07) is 9.41. The second-order valence-electron chi connectivity index (χ2n) is 7.32. The van der Waals surface area contributed by atoms with Crippen LogP contribution in [0.2, 0.25) is 0 Å². The molecule has 0 saturated heterocycles. The van der Waals surface area contributed by atoms with Crippen molar-refractivity contribution in [3.63, 3.8) is 0 Å². The summed E-state index contributed by atoms with van der Waals surface area (Å²) < 4.78 is 17.9. The van der Waals surface area contributed by atoms with Gasteiger partial charge in [-0.3, -0.25) is 0 Å². The predicted octanol–water partition coefficient (Wildman–Crippen LogP) is 4.75. The first-order chi connectivity index (χ1) is 16.1. The number of nitrogens with one attached hydrogen (secondary N) is 1. The highest BCUT2D eigenvalue weighted by atomic mass is 32.1. The number of thiazole rings is 1. The van der Waals surface area contributed by atoms with Gasteiger partial charge >= 0.3 is 0 Å². The second-order valence-corrected chi connectivity index (χ2v) is 8.73. The molecule has 0 radical (unpaired) electrons. The zero-order chi connectivity index (χ0) is 22.9. The van der Waals surface area contributed by atoms with Gasteiger partial charge in [-0.05, 0) is 43.7 Å². The molecule has 4 aromatic heterocycles. The molecule has 4 heterocycles. The highest BCUT2D eigenvalue weighted by Gasteiger charge is 2.19. The molecule has 0 aliphatic carbocycles. The molecule has 0 unspecified atom stereocenters. The van der Waals surface area contributed by atoms with Gasteiger partial charge in [0.2, 0.25) is 11.8 Å². The Morgan fingerprint density at radius 2 is 1.94 bits per heavy atom. The number of benzene rings is 1. The van der Waals surface area contributed by atoms with Gasteiger partial charge < -0.3 is 19.2 Å². The molecule has 33 heavy (non-hydrogen) atoms. The monoisotopic (exact) mass is 462 g/mol. The van der Waals surface area contributed by atoms with Gasteiger partial charge in [0, 0.05) is 17.6 Å². The Labute approximate surface area is 194 Å². The van der Waals surface area contributed by atoms with Crippen LogP contribution in [0.25, 0.3) is 28.5 Å². The summed E-state index contributed by atoms with van der Waals surface area (Å²) in [5.74, 6) is 2.97. The first kappa shape index (κ1) is 21.0. The lowest BCUT2D eigenvalue weighted by Gasteiger charge is -2.11. The van der Waals surface area contributed by atoms with Crippen LogP contribution in [0.15, 0.2) is 47.2 Å². The molecule has 0 fully saturated rings. The molecule has 1 aromatic carbocycles. The molecule has 0 saturated carbocycles. The maximum atomic E-state index is 5.52. The summed E-state index contributed by atoms with van der Waals surface area (Å²) in [5, 5.41) is 9.01. The van der Waals surface area contributed by atoms with Crippen LogP contribution in [-0.4, -0.2) is 38.8 Å². The summed E-state index contributed by atoms with van der Waals surface area (Å²) in [5.41, 5.74) is 3.34. The molecule has 0 aliphatic heterocycles. The van der Waals surface area contributed by atoms with Crippen LogP contribution in [0.5, 0.6) is 11.5 Å². The predicted molar refractivity (Wildman–Crippen MR) is 126 cm³/mol. The molecule has 1 N–H and O–H groups in total. The molecular weight excluding hydrogens is 440 g/mol. The summed E-state index contributed by atoms with van der Waals surface area (Å²) >= 11 is 1.64. The van der Waals surface area contributed by atoms with Crippen LogP contribution in [-0.2, 0) is 6.54 Å². The topological polar surface area (TPSA) is 99.6 Å². The Bertz CT molecular complexity index is 1420. The van der Waals surface area contributed by atoms with Gasteiger partial charge in [-0.25, -0.2) is 15.0 Å². The van der Waals surface area contributed by atoms with Crippen molar-refractivity contribution < 1.29 is 13.9 Å². The van der Waals surface area contributed by atoms with Crippen LogP contribution in [0.3, 0.4) is 0 Å². The normalized spacial score (nSPS) is 11.2. The van der Waals surface area contributed by atoms with Gasteiger partial charge in [-0.15, -0.1) is 16.4 Å². The number of aromatic nitrogens is 5. The minimum Gasteiger partial charge on any atom is -0.493 e. The maximum Gasteiger partial charge on any atom is 0.226 e. The lowest BCUT2D eigenvalue weighted by Crippen LogP contribution is -2.08. The van der Waals surface area contributed by atoms with E-state index < -0.39 is 0 Å². The maximum absolute atomic E-state index is 5.52. The average Bonchev–Trinajstić information content (AvgIpc) is 3.57. The first-order valence-corrected chi connectivity index (χ1v) is 11.1. The Kier molecular flexibility index (Phi) is 5.43. The van der Waals surface area contributed by atoms with Crippen molar-refractivity contribution in [3.8, 4) is 34.3 Å². The zero-order valence-electron chi connectivity index (χ0n) is 18.6. The molecule has 168 valence electrons. The van der Waals surface area contributed by atoms with Crippen molar-refractivity contribution in [2.24, 2.45) is 0 Å². The fourth-order valence-electron chi connectivity index (χ4n) is 3.62. The van der Waals surface area contributed by atoms with Crippen molar-refractivity contribution in [1.29, 1.82) is 0 Å². The minimum absolute atomic E-state index is 0.480. The fraction of sp³-hybridized carbons (Fsp3) is 0.217. The molecule has 0 atom stereocenters. The number of rotatable bonds is 7. The number of methoxy groups -OCH3 is 2. The third kappa shape index (κ3) is 3.89. The Hall–Kier alpha value is -3.92. The van der Waals surface area contributed by atoms with E-state index in [9.17, 15) is 0 Å². The Morgan fingerprint density at radius 1 is 1.09 bits per heavy atom. The number of ether oxygens (including phenoxy) is 2. The summed E-state index contributed by atoms with van der Waals surface area (Å²) in [7, 11) is 3.23. The summed E-state index contributed by atoms with van der Waals surface area (Å²) in [4.78, 5) is 15.2. The van der Waals surface area contributed by atoms with Gasteiger partial charge in [0.15, 0.2) is 22.9 Å². The highest BCUT2D eigenvalue weighted by Crippen LogP contribution is 2.32. The molecular formula is C23H22N6O3S. The first-order valence-electron chi connectivity index (χ1n) is 10.3. The van der Waals surface area contributed by atoms with Crippen molar-refractivity contribution in [1.82, 2.24) is 24.6 Å². The molecule has 0 aliphatic rings. The number of anilines is 1. The van der Waals surface area contributed by atoms with Crippen molar-refractivity contribution >= 4 is 22.9 Å². The number of hydrogen-bond donors (Lipinski definition) is 1. The van der Waals surface area contributed by atoms with Gasteiger partial charge in [0.05, 0.1) is 36.7 Å². The van der Waals surface area contributed by atoms with Gasteiger partial charge in [-0.1, -0.05) is 6.07 Å². The van der Waals surface area contributed by atoms with Crippen LogP contribution < -0.4 is 14.8 Å². The molecule has 10 heteroatoms. The van der Waals surface area contributed by atoms with Gasteiger partial charge in [-0.2, -0.15) is 4.52 Å². The van der Waals surface area contributed by atoms with E-state index in [1.807, 2.05) is 44.2 Å². The SMILES string of the molecule is COc1ccc(CNc2ncc(-c3nc(C)sc3C)c3nc(-c4ccco4)nn23)cc1OC. The molecule has 0 spiro atoms. The lowest BCUT2D eigenvalue weighted by molar-refractivity contribution is 0.354. The molecule has 5 aromatic rings. The minimum atomic E-state index is 0.480. The van der Waals surface area contributed by atoms with Crippen LogP contribution >= 0.6 is 11.3 Å². The molecule has 9 nitrogen and oxygen atoms in total. The van der Waals surface area contributed by atoms with Crippen molar-refractivity contribution in [2.45, 2.75) is 20.4 Å². The standard InChI is InChI=1S/C23H22N6O3S/c1-13-20(26-14(2)33-13)16-12-25-23(24-11-15-7-8-17(30-3)19(10-15)31-4)29-22(16)27-21(28-29)18-6-5-9-32-18/h5-10,12H,11H2,1-4H3,(H,24,25). The lowest BCUT2D eigenvalue weighted by atomic mass is 10.2. The number of nitrogens with zero attached hydrogens (tertiary/aromatic N) is 5. The van der Waals surface area contributed by atoms with Gasteiger partial charge in [0.25, 0.3) is 0 Å². The van der Waals surface area contributed by atoms with E-state index in [1.54, 1.807) is 42.5 Å². The van der Waals surface area contributed by atoms with E-state index in [4.69, 9.17) is 18.9 Å². The Morgan fingerprint density at radius 3 is 2.64 bits per heavy atom. The molecule has 0 bridgehead atoms. The average molecular weight is 463 g/mol. The van der Waals surface area contributed by atoms with E-state index in [2.05, 4.69) is 20.4 Å². The molecule has 5 rings (SSSR count). The Balaban J connectivity index is 1.55. The van der Waals surface area contributed by atoms with E-state index in [0.29, 0.717) is 41.2 Å². The number of aryl methyl sites for hydroxylation is 2. The van der Waals surface area contributed by atoms with E-state index in [0.717, 1.165) is 26.7 Å². The largest absolute Gasteiger partial charge is 0.493 e. The van der Waals surface area contributed by atoms with Gasteiger partial charge in [0.1, 0.15) is 0 Å². The van der Waals surface area contributed by atoms with Crippen LogP contribution in [0.4, 0.5) is 5.95 Å². The van der Waals surface area contributed by atoms with E-state index >= 15 is 0 Å². The van der Waals surface area contributed by atoms with Crippen LogP contribution in [0, 0.1) is 13.8 Å². The van der Waals surface area contributed by atoms with Crippen molar-refractivity contribution in [2.75, 3.05) is 19.5 Å². The van der Waals surface area contributed by atoms with E-state index in [-0.39, 0.29) is 0 Å². The van der Waals surface area contributed by atoms with E-state index in [1.165, 1.54) is 0 Å². The second kappa shape index (κ2) is 8.55. The quantitative estimate of drug-likeness (QED) is 0.370. The molecule has 0 amide bonds. The number of furan rings is 1. The smallest absolute Gasteiger partial charge is 0.226 e. The van der Waals surface area contributed by atoms with Crippen molar-refractivity contribution in [3.05, 3.63) is 58.2 Å². The third-order valence-corrected chi connectivity index (χ3v) is 6.05. The summed E-state index contributed by atoms with van der Waals surface area (Å²) in [6.07, 6.45) is 3.39. The number of hydrogen-bond acceptors (Lipinski definition) is 9. The zero-order valence-corrected chi connectivity index (χ0v) is 19.4.